The highest BCUT2D eigenvalue weighted by Crippen LogP contribution is 2.51. The lowest BCUT2D eigenvalue weighted by molar-refractivity contribution is -0.118. The number of hydrogen-bond donors (Lipinski definition) is 0. The molecule has 9 heteroatoms. The number of hydrogen-bond acceptors (Lipinski definition) is 8. The summed E-state index contributed by atoms with van der Waals surface area (Å²) in [4.78, 5) is 25.3. The Morgan fingerprint density at radius 2 is 1.77 bits per heavy atom. The van der Waals surface area contributed by atoms with Crippen LogP contribution >= 0.6 is 0 Å². The third kappa shape index (κ3) is 4.18. The molecule has 1 aliphatic heterocycles. The van der Waals surface area contributed by atoms with Crippen LogP contribution in [0.1, 0.15) is 43.7 Å². The van der Waals surface area contributed by atoms with E-state index in [1.54, 1.807) is 25.1 Å². The van der Waals surface area contributed by atoms with Gasteiger partial charge in [0, 0.05) is 43.8 Å². The zero-order valence-electron chi connectivity index (χ0n) is 23.0. The van der Waals surface area contributed by atoms with Crippen LogP contribution in [-0.2, 0) is 4.79 Å². The molecule has 0 bridgehead atoms. The number of nitrogens with zero attached hydrogens (tertiary/aromatic N) is 5. The van der Waals surface area contributed by atoms with Crippen LogP contribution in [0.5, 0.6) is 17.4 Å². The number of aromatic nitrogens is 4. The molecule has 0 spiro atoms. The van der Waals surface area contributed by atoms with Crippen LogP contribution in [0, 0.1) is 5.41 Å². The molecule has 4 aromatic rings. The summed E-state index contributed by atoms with van der Waals surface area (Å²) in [5.74, 6) is 2.48. The van der Waals surface area contributed by atoms with Gasteiger partial charge in [0.25, 0.3) is 0 Å². The Hall–Kier alpha value is -4.40. The lowest BCUT2D eigenvalue weighted by atomic mass is 9.70. The highest BCUT2D eigenvalue weighted by Gasteiger charge is 2.44. The van der Waals surface area contributed by atoms with E-state index in [0.717, 1.165) is 16.8 Å². The maximum atomic E-state index is 13.7. The van der Waals surface area contributed by atoms with E-state index in [2.05, 4.69) is 18.8 Å². The SMILES string of the molecule is COc1ccc([C@H]2C3=C(CC(C)(C)CC3=O)Oc3ncn4nc(-c5ccc(N(C)C)cc5)nc4c32)cc1OC. The lowest BCUT2D eigenvalue weighted by Crippen LogP contribution is -2.33. The Balaban J connectivity index is 1.56. The fourth-order valence-electron chi connectivity index (χ4n) is 5.54. The summed E-state index contributed by atoms with van der Waals surface area (Å²) in [6.07, 6.45) is 2.69. The third-order valence-electron chi connectivity index (χ3n) is 7.45. The number of benzene rings is 2. The molecule has 0 N–H and O–H groups in total. The molecule has 1 atom stereocenters. The molecule has 3 heterocycles. The number of fused-ring (bicyclic) bond motifs is 3. The number of carbonyl (C=O) groups is 1. The maximum absolute atomic E-state index is 13.7. The summed E-state index contributed by atoms with van der Waals surface area (Å²) in [6, 6.07) is 13.8. The first-order valence-electron chi connectivity index (χ1n) is 12.9. The van der Waals surface area contributed by atoms with Gasteiger partial charge in [-0.1, -0.05) is 19.9 Å². The second-order valence-electron chi connectivity index (χ2n) is 11.0. The Bertz CT molecular complexity index is 1640. The van der Waals surface area contributed by atoms with Gasteiger partial charge in [0.1, 0.15) is 12.1 Å². The fourth-order valence-corrected chi connectivity index (χ4v) is 5.54. The number of carbonyl (C=O) groups excluding carboxylic acids is 1. The Morgan fingerprint density at radius 1 is 1.03 bits per heavy atom. The van der Waals surface area contributed by atoms with Crippen molar-refractivity contribution in [2.75, 3.05) is 33.2 Å². The van der Waals surface area contributed by atoms with Gasteiger partial charge < -0.3 is 19.1 Å². The second-order valence-corrected chi connectivity index (χ2v) is 11.0. The van der Waals surface area contributed by atoms with Crippen molar-refractivity contribution >= 4 is 17.1 Å². The number of allylic oxidation sites excluding steroid dienone is 2. The predicted octanol–water partition coefficient (Wildman–Crippen LogP) is 5.04. The molecule has 0 unspecified atom stereocenters. The summed E-state index contributed by atoms with van der Waals surface area (Å²) in [5.41, 5.74) is 4.57. The van der Waals surface area contributed by atoms with Crippen LogP contribution in [0.15, 0.2) is 60.1 Å². The number of anilines is 1. The molecule has 2 aromatic heterocycles. The molecule has 2 aliphatic rings. The zero-order valence-corrected chi connectivity index (χ0v) is 23.0. The minimum absolute atomic E-state index is 0.0627. The van der Waals surface area contributed by atoms with E-state index in [4.69, 9.17) is 24.3 Å². The summed E-state index contributed by atoms with van der Waals surface area (Å²) < 4.78 is 19.1. The van der Waals surface area contributed by atoms with Crippen molar-refractivity contribution in [1.29, 1.82) is 0 Å². The smallest absolute Gasteiger partial charge is 0.228 e. The normalized spacial score (nSPS) is 17.9. The number of ketones is 1. The highest BCUT2D eigenvalue weighted by atomic mass is 16.5. The lowest BCUT2D eigenvalue weighted by Gasteiger charge is -2.37. The van der Waals surface area contributed by atoms with Gasteiger partial charge in [-0.3, -0.25) is 4.79 Å². The molecule has 39 heavy (non-hydrogen) atoms. The summed E-state index contributed by atoms with van der Waals surface area (Å²) in [7, 11) is 7.21. The van der Waals surface area contributed by atoms with Gasteiger partial charge in [-0.05, 0) is 47.4 Å². The van der Waals surface area contributed by atoms with E-state index in [0.29, 0.717) is 58.6 Å². The molecule has 0 saturated heterocycles. The van der Waals surface area contributed by atoms with E-state index in [-0.39, 0.29) is 11.2 Å². The van der Waals surface area contributed by atoms with Crippen LogP contribution in [0.3, 0.4) is 0 Å². The van der Waals surface area contributed by atoms with Crippen molar-refractivity contribution in [2.24, 2.45) is 5.41 Å². The van der Waals surface area contributed by atoms with Crippen LogP contribution < -0.4 is 19.1 Å². The topological polar surface area (TPSA) is 91.1 Å². The largest absolute Gasteiger partial charge is 0.493 e. The summed E-state index contributed by atoms with van der Waals surface area (Å²) in [6.45, 7) is 4.17. The predicted molar refractivity (Wildman–Crippen MR) is 148 cm³/mol. The molecule has 0 saturated carbocycles. The van der Waals surface area contributed by atoms with Gasteiger partial charge in [-0.15, -0.1) is 5.10 Å². The maximum Gasteiger partial charge on any atom is 0.228 e. The van der Waals surface area contributed by atoms with E-state index in [1.165, 1.54) is 0 Å². The zero-order chi connectivity index (χ0) is 27.5. The van der Waals surface area contributed by atoms with Crippen molar-refractivity contribution in [3.05, 3.63) is 71.3 Å². The molecule has 0 radical (unpaired) electrons. The van der Waals surface area contributed by atoms with Gasteiger partial charge in [-0.2, -0.15) is 0 Å². The van der Waals surface area contributed by atoms with Gasteiger partial charge in [0.15, 0.2) is 28.8 Å². The minimum atomic E-state index is -0.448. The highest BCUT2D eigenvalue weighted by molar-refractivity contribution is 6.00. The average molecular weight is 526 g/mol. The van der Waals surface area contributed by atoms with Crippen molar-refractivity contribution in [3.8, 4) is 28.8 Å². The van der Waals surface area contributed by atoms with E-state index < -0.39 is 5.92 Å². The second kappa shape index (κ2) is 9.11. The van der Waals surface area contributed by atoms with Crippen molar-refractivity contribution < 1.29 is 19.0 Å². The number of rotatable bonds is 5. The molecular formula is C30H31N5O4. The van der Waals surface area contributed by atoms with Crippen LogP contribution in [0.2, 0.25) is 0 Å². The first-order valence-corrected chi connectivity index (χ1v) is 12.9. The number of Topliss-reactive ketones (excluding diaryl/α,β-unsaturated/α-hetero) is 1. The van der Waals surface area contributed by atoms with E-state index >= 15 is 0 Å². The molecule has 6 rings (SSSR count). The average Bonchev–Trinajstić information content (AvgIpc) is 3.35. The molecule has 200 valence electrons. The van der Waals surface area contributed by atoms with Gasteiger partial charge >= 0.3 is 0 Å². The minimum Gasteiger partial charge on any atom is -0.493 e. The van der Waals surface area contributed by atoms with Gasteiger partial charge in [-0.25, -0.2) is 14.5 Å². The number of methoxy groups -OCH3 is 2. The van der Waals surface area contributed by atoms with Crippen molar-refractivity contribution in [2.45, 2.75) is 32.6 Å². The van der Waals surface area contributed by atoms with Gasteiger partial charge in [0.05, 0.1) is 25.7 Å². The first-order chi connectivity index (χ1) is 18.7. The van der Waals surface area contributed by atoms with Crippen LogP contribution in [0.4, 0.5) is 5.69 Å². The molecule has 1 aliphatic carbocycles. The Labute approximate surface area is 227 Å². The molecular weight excluding hydrogens is 494 g/mol. The van der Waals surface area contributed by atoms with E-state index in [1.807, 2.05) is 61.5 Å². The van der Waals surface area contributed by atoms with Crippen LogP contribution in [-0.4, -0.2) is 53.7 Å². The van der Waals surface area contributed by atoms with Crippen molar-refractivity contribution in [3.63, 3.8) is 0 Å². The molecule has 0 fully saturated rings. The molecule has 2 aromatic carbocycles. The first kappa shape index (κ1) is 24.9. The standard InChI is InChI=1S/C30H31N5O4/c1-30(2)14-20(36)25-23(15-30)39-29-26(24(25)18-9-12-21(37-5)22(13-18)38-6)28-32-27(33-35(28)16-31-29)17-7-10-19(11-8-17)34(3)4/h7-13,16,24H,14-15H2,1-6H3/t24-/m0/s1. The Morgan fingerprint density at radius 3 is 2.46 bits per heavy atom. The van der Waals surface area contributed by atoms with Crippen LogP contribution in [0.25, 0.3) is 17.0 Å². The monoisotopic (exact) mass is 525 g/mol. The number of ether oxygens (including phenoxy) is 3. The quantitative estimate of drug-likeness (QED) is 0.358. The van der Waals surface area contributed by atoms with E-state index in [9.17, 15) is 4.79 Å². The van der Waals surface area contributed by atoms with Gasteiger partial charge in [0.2, 0.25) is 5.88 Å². The Kier molecular flexibility index (Phi) is 5.82. The fraction of sp³-hybridized carbons (Fsp3) is 0.333. The molecule has 0 amide bonds. The summed E-state index contributed by atoms with van der Waals surface area (Å²) in [5, 5.41) is 4.73. The summed E-state index contributed by atoms with van der Waals surface area (Å²) >= 11 is 0. The van der Waals surface area contributed by atoms with Crippen molar-refractivity contribution in [1.82, 2.24) is 19.6 Å². The third-order valence-corrected chi connectivity index (χ3v) is 7.45. The molecule has 9 nitrogen and oxygen atoms in total.